The van der Waals surface area contributed by atoms with E-state index in [2.05, 4.69) is 15.6 Å². The van der Waals surface area contributed by atoms with Crippen molar-refractivity contribution in [3.63, 3.8) is 0 Å². The highest BCUT2D eigenvalue weighted by Gasteiger charge is 2.29. The minimum absolute atomic E-state index is 0.0357. The summed E-state index contributed by atoms with van der Waals surface area (Å²) < 4.78 is 18.8. The Morgan fingerprint density at radius 2 is 1.82 bits per heavy atom. The topological polar surface area (TPSA) is 121 Å². The highest BCUT2D eigenvalue weighted by Crippen LogP contribution is 2.21. The molecule has 0 spiro atoms. The quantitative estimate of drug-likeness (QED) is 0.394. The zero-order valence-electron chi connectivity index (χ0n) is 18.3. The molecule has 2 aromatic carbocycles. The number of aromatic nitrogens is 1. The van der Waals surface area contributed by atoms with Gasteiger partial charge in [0.1, 0.15) is 24.5 Å². The predicted molar refractivity (Wildman–Crippen MR) is 120 cm³/mol. The van der Waals surface area contributed by atoms with Crippen LogP contribution in [0.2, 0.25) is 0 Å². The molecule has 0 aliphatic heterocycles. The summed E-state index contributed by atoms with van der Waals surface area (Å²) in [5.74, 6) is -2.67. The summed E-state index contributed by atoms with van der Waals surface area (Å²) in [6, 6.07) is 11.0. The zero-order chi connectivity index (χ0) is 24.0. The normalized spacial score (nSPS) is 12.8. The second-order valence-electron chi connectivity index (χ2n) is 8.04. The Morgan fingerprint density at radius 3 is 2.48 bits per heavy atom. The maximum absolute atomic E-state index is 13.6. The molecule has 0 aliphatic carbocycles. The van der Waals surface area contributed by atoms with Crippen molar-refractivity contribution in [2.45, 2.75) is 39.0 Å². The summed E-state index contributed by atoms with van der Waals surface area (Å²) in [6.07, 6.45) is 0.741. The first kappa shape index (κ1) is 23.8. The summed E-state index contributed by atoms with van der Waals surface area (Å²) in [7, 11) is 0. The van der Waals surface area contributed by atoms with Crippen molar-refractivity contribution < 1.29 is 28.6 Å². The summed E-state index contributed by atoms with van der Waals surface area (Å²) in [4.78, 5) is 39.9. The van der Waals surface area contributed by atoms with Gasteiger partial charge in [-0.25, -0.2) is 14.0 Å². The van der Waals surface area contributed by atoms with Gasteiger partial charge in [0.05, 0.1) is 0 Å². The number of fused-ring (bicyclic) bond motifs is 1. The molecule has 8 nitrogen and oxygen atoms in total. The van der Waals surface area contributed by atoms with Gasteiger partial charge in [-0.2, -0.15) is 0 Å². The molecule has 0 bridgehead atoms. The van der Waals surface area contributed by atoms with E-state index in [1.54, 1.807) is 38.2 Å². The fourth-order valence-corrected chi connectivity index (χ4v) is 3.43. The number of hydrogen-bond donors (Lipinski definition) is 4. The minimum Gasteiger partial charge on any atom is -0.480 e. The van der Waals surface area contributed by atoms with Gasteiger partial charge in [0.2, 0.25) is 5.91 Å². The number of carbonyl (C=O) groups is 3. The molecule has 2 atom stereocenters. The number of carbonyl (C=O) groups excluding carboxylic acids is 2. The van der Waals surface area contributed by atoms with Crippen LogP contribution in [0.3, 0.4) is 0 Å². The standard InChI is InChI=1S/C24H26FN3O5/c1-14(2)21(28-24(32)33-13-15-6-4-3-5-7-15)22(29)27-20(23(30)31)10-16-12-26-19-9-8-17(25)11-18(16)19/h3-9,11-12,14,20-21,26H,10,13H2,1-2H3,(H,27,29)(H,28,32)(H,30,31)/t20-,21-/m0/s1. The van der Waals surface area contributed by atoms with Gasteiger partial charge in [0.25, 0.3) is 0 Å². The Labute approximate surface area is 190 Å². The number of halogens is 1. The van der Waals surface area contributed by atoms with Crippen molar-refractivity contribution in [1.29, 1.82) is 0 Å². The lowest BCUT2D eigenvalue weighted by Gasteiger charge is -2.23. The number of rotatable bonds is 9. The lowest BCUT2D eigenvalue weighted by Crippen LogP contribution is -2.54. The zero-order valence-corrected chi connectivity index (χ0v) is 18.3. The van der Waals surface area contributed by atoms with Gasteiger partial charge in [0.15, 0.2) is 0 Å². The summed E-state index contributed by atoms with van der Waals surface area (Å²) in [5.41, 5.74) is 2.00. The fraction of sp³-hybridized carbons (Fsp3) is 0.292. The molecular formula is C24H26FN3O5. The van der Waals surface area contributed by atoms with Crippen LogP contribution in [0, 0.1) is 11.7 Å². The van der Waals surface area contributed by atoms with Gasteiger partial charge < -0.3 is 25.5 Å². The molecule has 0 unspecified atom stereocenters. The second kappa shape index (κ2) is 10.6. The Hall–Kier alpha value is -3.88. The van der Waals surface area contributed by atoms with E-state index in [1.807, 2.05) is 18.2 Å². The van der Waals surface area contributed by atoms with Gasteiger partial charge in [-0.15, -0.1) is 0 Å². The number of ether oxygens (including phenoxy) is 1. The van der Waals surface area contributed by atoms with E-state index >= 15 is 0 Å². The lowest BCUT2D eigenvalue weighted by molar-refractivity contribution is -0.142. The molecule has 174 valence electrons. The third kappa shape index (κ3) is 6.31. The van der Waals surface area contributed by atoms with Gasteiger partial charge in [-0.05, 0) is 35.2 Å². The molecule has 33 heavy (non-hydrogen) atoms. The number of H-pyrrole nitrogens is 1. The Kier molecular flexibility index (Phi) is 7.66. The maximum atomic E-state index is 13.6. The van der Waals surface area contributed by atoms with Gasteiger partial charge >= 0.3 is 12.1 Å². The monoisotopic (exact) mass is 455 g/mol. The van der Waals surface area contributed by atoms with Crippen LogP contribution >= 0.6 is 0 Å². The molecule has 0 aliphatic rings. The van der Waals surface area contributed by atoms with Crippen molar-refractivity contribution >= 4 is 28.9 Å². The molecule has 3 aromatic rings. The van der Waals surface area contributed by atoms with E-state index in [-0.39, 0.29) is 18.9 Å². The number of aromatic amines is 1. The largest absolute Gasteiger partial charge is 0.480 e. The van der Waals surface area contributed by atoms with Crippen LogP contribution in [-0.4, -0.2) is 40.1 Å². The second-order valence-corrected chi connectivity index (χ2v) is 8.04. The molecule has 4 N–H and O–H groups in total. The molecule has 0 saturated carbocycles. The number of amides is 2. The number of aliphatic carboxylic acids is 1. The highest BCUT2D eigenvalue weighted by molar-refractivity contribution is 5.90. The first-order valence-corrected chi connectivity index (χ1v) is 10.5. The molecule has 1 aromatic heterocycles. The molecular weight excluding hydrogens is 429 g/mol. The number of hydrogen-bond acceptors (Lipinski definition) is 4. The van der Waals surface area contributed by atoms with Crippen molar-refractivity contribution in [2.75, 3.05) is 0 Å². The van der Waals surface area contributed by atoms with Crippen molar-refractivity contribution in [2.24, 2.45) is 5.92 Å². The first-order chi connectivity index (χ1) is 15.7. The number of nitrogens with one attached hydrogen (secondary N) is 3. The molecule has 9 heteroatoms. The Bertz CT molecular complexity index is 1130. The van der Waals surface area contributed by atoms with Crippen molar-refractivity contribution in [1.82, 2.24) is 15.6 Å². The van der Waals surface area contributed by atoms with E-state index in [4.69, 9.17) is 4.74 Å². The molecule has 0 fully saturated rings. The minimum atomic E-state index is -1.27. The first-order valence-electron chi connectivity index (χ1n) is 10.5. The molecule has 0 radical (unpaired) electrons. The average Bonchev–Trinajstić information content (AvgIpc) is 3.17. The number of carboxylic acid groups (broad SMARTS) is 1. The van der Waals surface area contributed by atoms with Crippen LogP contribution in [0.25, 0.3) is 10.9 Å². The van der Waals surface area contributed by atoms with Gasteiger partial charge in [-0.3, -0.25) is 4.79 Å². The molecule has 1 heterocycles. The summed E-state index contributed by atoms with van der Waals surface area (Å²) in [5, 5.41) is 15.2. The SMILES string of the molecule is CC(C)[C@H](NC(=O)OCc1ccccc1)C(=O)N[C@@H](Cc1c[nH]c2ccc(F)cc12)C(=O)O. The van der Waals surface area contributed by atoms with Crippen molar-refractivity contribution in [3.05, 3.63) is 71.7 Å². The van der Waals surface area contributed by atoms with Crippen LogP contribution < -0.4 is 10.6 Å². The van der Waals surface area contributed by atoms with Crippen molar-refractivity contribution in [3.8, 4) is 0 Å². The van der Waals surface area contributed by atoms with Crippen LogP contribution in [0.15, 0.2) is 54.7 Å². The Balaban J connectivity index is 1.65. The summed E-state index contributed by atoms with van der Waals surface area (Å²) >= 11 is 0. The third-order valence-electron chi connectivity index (χ3n) is 5.20. The van der Waals surface area contributed by atoms with Crippen LogP contribution in [0.4, 0.5) is 9.18 Å². The fourth-order valence-electron chi connectivity index (χ4n) is 3.43. The average molecular weight is 455 g/mol. The van der Waals surface area contributed by atoms with Gasteiger partial charge in [0, 0.05) is 23.5 Å². The van der Waals surface area contributed by atoms with E-state index in [9.17, 15) is 23.9 Å². The smallest absolute Gasteiger partial charge is 0.408 e. The summed E-state index contributed by atoms with van der Waals surface area (Å²) in [6.45, 7) is 3.48. The van der Waals surface area contributed by atoms with Crippen LogP contribution in [0.5, 0.6) is 0 Å². The predicted octanol–water partition coefficient (Wildman–Crippen LogP) is 3.37. The number of benzene rings is 2. The molecule has 0 saturated heterocycles. The highest BCUT2D eigenvalue weighted by atomic mass is 19.1. The molecule has 3 rings (SSSR count). The molecule has 2 amide bonds. The maximum Gasteiger partial charge on any atom is 0.408 e. The third-order valence-corrected chi connectivity index (χ3v) is 5.20. The van der Waals surface area contributed by atoms with E-state index in [1.165, 1.54) is 12.1 Å². The van der Waals surface area contributed by atoms with E-state index in [0.29, 0.717) is 16.5 Å². The lowest BCUT2D eigenvalue weighted by atomic mass is 10.0. The van der Waals surface area contributed by atoms with E-state index in [0.717, 1.165) is 5.56 Å². The van der Waals surface area contributed by atoms with Crippen LogP contribution in [0.1, 0.15) is 25.0 Å². The van der Waals surface area contributed by atoms with Gasteiger partial charge in [-0.1, -0.05) is 44.2 Å². The number of alkyl carbamates (subject to hydrolysis) is 1. The number of carboxylic acids is 1. The Morgan fingerprint density at radius 1 is 1.09 bits per heavy atom. The van der Waals surface area contributed by atoms with E-state index < -0.39 is 35.9 Å². The van der Waals surface area contributed by atoms with Crippen LogP contribution in [-0.2, 0) is 27.4 Å².